The van der Waals surface area contributed by atoms with Crippen molar-refractivity contribution in [2.75, 3.05) is 0 Å². The first-order valence-corrected chi connectivity index (χ1v) is 5.24. The lowest BCUT2D eigenvalue weighted by Gasteiger charge is -2.08. The van der Waals surface area contributed by atoms with Crippen LogP contribution in [0.15, 0.2) is 18.2 Å². The van der Waals surface area contributed by atoms with Crippen LogP contribution in [0.25, 0.3) is 0 Å². The first kappa shape index (κ1) is 17.3. The third kappa shape index (κ3) is 5.73. The molecule has 0 atom stereocenters. The maximum absolute atomic E-state index is 12.4. The minimum absolute atomic E-state index is 0.0949. The average Bonchev–Trinajstić information content (AvgIpc) is 2.21. The fourth-order valence-corrected chi connectivity index (χ4v) is 0.945. The number of hydrogen-bond donors (Lipinski definition) is 0. The molecule has 16 heavy (non-hydrogen) atoms. The van der Waals surface area contributed by atoms with Gasteiger partial charge in [-0.1, -0.05) is 27.7 Å². The van der Waals surface area contributed by atoms with Crippen LogP contribution in [0, 0.1) is 12.7 Å². The third-order valence-corrected chi connectivity index (χ3v) is 1.49. The highest BCUT2D eigenvalue weighted by molar-refractivity contribution is 5.28. The van der Waals surface area contributed by atoms with Crippen LogP contribution in [-0.2, 0) is 6.18 Å². The van der Waals surface area contributed by atoms with Gasteiger partial charge in [0.2, 0.25) is 0 Å². The molecule has 0 fully saturated rings. The molecular weight excluding hydrogens is 220 g/mol. The van der Waals surface area contributed by atoms with E-state index in [-0.39, 0.29) is 5.56 Å². The Kier molecular flexibility index (Phi) is 8.81. The zero-order valence-corrected chi connectivity index (χ0v) is 10.2. The lowest BCUT2D eigenvalue weighted by atomic mass is 10.1. The predicted octanol–water partition coefficient (Wildman–Crippen LogP) is 5.21. The molecule has 0 bridgehead atoms. The van der Waals surface area contributed by atoms with Crippen molar-refractivity contribution >= 4 is 0 Å². The van der Waals surface area contributed by atoms with Crippen LogP contribution < -0.4 is 0 Å². The van der Waals surface area contributed by atoms with Crippen molar-refractivity contribution in [3.05, 3.63) is 35.1 Å². The number of halogens is 4. The van der Waals surface area contributed by atoms with Gasteiger partial charge in [0, 0.05) is 0 Å². The topological polar surface area (TPSA) is 0 Å². The molecule has 0 nitrogen and oxygen atoms in total. The summed E-state index contributed by atoms with van der Waals surface area (Å²) in [6.07, 6.45) is -4.39. The van der Waals surface area contributed by atoms with E-state index in [1.807, 2.05) is 27.7 Å². The van der Waals surface area contributed by atoms with Gasteiger partial charge in [-0.05, 0) is 30.7 Å². The molecule has 0 aromatic heterocycles. The monoisotopic (exact) mass is 238 g/mol. The molecule has 0 aliphatic carbocycles. The smallest absolute Gasteiger partial charge is 0.207 e. The molecule has 0 spiro atoms. The van der Waals surface area contributed by atoms with Gasteiger partial charge in [0.05, 0.1) is 5.56 Å². The van der Waals surface area contributed by atoms with Crippen LogP contribution in [0.4, 0.5) is 17.6 Å². The van der Waals surface area contributed by atoms with E-state index in [1.165, 1.54) is 6.92 Å². The van der Waals surface area contributed by atoms with Crippen molar-refractivity contribution in [2.45, 2.75) is 40.8 Å². The Balaban J connectivity index is 0. The Labute approximate surface area is 94.3 Å². The standard InChI is InChI=1S/C8H6F4.2C2H6/c1-5-4-6(9)2-3-7(5)8(10,11)12;2*1-2/h2-4H,1H3;2*1-2H3. The van der Waals surface area contributed by atoms with E-state index >= 15 is 0 Å². The zero-order chi connectivity index (χ0) is 13.4. The summed E-state index contributed by atoms with van der Waals surface area (Å²) in [7, 11) is 0. The van der Waals surface area contributed by atoms with Crippen LogP contribution in [0.3, 0.4) is 0 Å². The van der Waals surface area contributed by atoms with Crippen molar-refractivity contribution in [1.82, 2.24) is 0 Å². The molecule has 0 aliphatic heterocycles. The van der Waals surface area contributed by atoms with Crippen molar-refractivity contribution in [1.29, 1.82) is 0 Å². The second kappa shape index (κ2) is 8.13. The van der Waals surface area contributed by atoms with Gasteiger partial charge in [0.15, 0.2) is 0 Å². The molecule has 4 heteroatoms. The van der Waals surface area contributed by atoms with Gasteiger partial charge in [-0.2, -0.15) is 13.2 Å². The van der Waals surface area contributed by atoms with Crippen LogP contribution in [0.2, 0.25) is 0 Å². The summed E-state index contributed by atoms with van der Waals surface area (Å²) < 4.78 is 48.5. The first-order valence-electron chi connectivity index (χ1n) is 5.24. The molecule has 0 saturated heterocycles. The fraction of sp³-hybridized carbons (Fsp3) is 0.500. The Morgan fingerprint density at radius 1 is 0.938 bits per heavy atom. The second-order valence-electron chi connectivity index (χ2n) is 2.46. The molecular formula is C12H18F4. The highest BCUT2D eigenvalue weighted by atomic mass is 19.4. The molecule has 0 aliphatic rings. The van der Waals surface area contributed by atoms with E-state index < -0.39 is 17.6 Å². The average molecular weight is 238 g/mol. The third-order valence-electron chi connectivity index (χ3n) is 1.49. The van der Waals surface area contributed by atoms with Gasteiger partial charge >= 0.3 is 6.18 Å². The molecule has 0 amide bonds. The summed E-state index contributed by atoms with van der Waals surface area (Å²) >= 11 is 0. The zero-order valence-electron chi connectivity index (χ0n) is 10.2. The number of benzene rings is 1. The number of alkyl halides is 3. The Morgan fingerprint density at radius 2 is 1.38 bits per heavy atom. The molecule has 0 N–H and O–H groups in total. The minimum Gasteiger partial charge on any atom is -0.207 e. The number of hydrogen-bond acceptors (Lipinski definition) is 0. The summed E-state index contributed by atoms with van der Waals surface area (Å²) in [5.41, 5.74) is -0.883. The second-order valence-corrected chi connectivity index (χ2v) is 2.46. The van der Waals surface area contributed by atoms with Gasteiger partial charge in [0.1, 0.15) is 5.82 Å². The molecule has 0 saturated carbocycles. The lowest BCUT2D eigenvalue weighted by molar-refractivity contribution is -0.138. The number of aryl methyl sites for hydroxylation is 1. The van der Waals surface area contributed by atoms with Gasteiger partial charge < -0.3 is 0 Å². The predicted molar refractivity (Wildman–Crippen MR) is 58.8 cm³/mol. The highest BCUT2D eigenvalue weighted by Crippen LogP contribution is 2.31. The lowest BCUT2D eigenvalue weighted by Crippen LogP contribution is -2.07. The first-order chi connectivity index (χ1) is 7.41. The Morgan fingerprint density at radius 3 is 1.69 bits per heavy atom. The Bertz CT molecular complexity index is 290. The maximum Gasteiger partial charge on any atom is 0.416 e. The van der Waals surface area contributed by atoms with Crippen LogP contribution >= 0.6 is 0 Å². The largest absolute Gasteiger partial charge is 0.416 e. The summed E-state index contributed by atoms with van der Waals surface area (Å²) in [5, 5.41) is 0. The summed E-state index contributed by atoms with van der Waals surface area (Å²) in [6.45, 7) is 9.23. The van der Waals surface area contributed by atoms with Crippen molar-refractivity contribution in [3.63, 3.8) is 0 Å². The van der Waals surface area contributed by atoms with E-state index in [0.29, 0.717) is 0 Å². The molecule has 1 rings (SSSR count). The maximum atomic E-state index is 12.4. The minimum atomic E-state index is -4.39. The Hall–Kier alpha value is -1.06. The van der Waals surface area contributed by atoms with Gasteiger partial charge in [-0.15, -0.1) is 0 Å². The summed E-state index contributed by atoms with van der Waals surface area (Å²) in [5.74, 6) is -0.652. The van der Waals surface area contributed by atoms with Crippen molar-refractivity contribution in [2.24, 2.45) is 0 Å². The van der Waals surface area contributed by atoms with Crippen LogP contribution in [0.1, 0.15) is 38.8 Å². The van der Waals surface area contributed by atoms with Crippen LogP contribution in [0.5, 0.6) is 0 Å². The highest BCUT2D eigenvalue weighted by Gasteiger charge is 2.32. The SMILES string of the molecule is CC.CC.Cc1cc(F)ccc1C(F)(F)F. The quantitative estimate of drug-likeness (QED) is 0.544. The normalized spacial score (nSPS) is 9.56. The van der Waals surface area contributed by atoms with Gasteiger partial charge in [0.25, 0.3) is 0 Å². The molecule has 1 aromatic rings. The van der Waals surface area contributed by atoms with E-state index in [0.717, 1.165) is 18.2 Å². The molecule has 0 radical (unpaired) electrons. The summed E-state index contributed by atoms with van der Waals surface area (Å²) in [4.78, 5) is 0. The van der Waals surface area contributed by atoms with E-state index in [9.17, 15) is 17.6 Å². The van der Waals surface area contributed by atoms with Crippen molar-refractivity contribution in [3.8, 4) is 0 Å². The van der Waals surface area contributed by atoms with Gasteiger partial charge in [-0.3, -0.25) is 0 Å². The van der Waals surface area contributed by atoms with Gasteiger partial charge in [-0.25, -0.2) is 4.39 Å². The van der Waals surface area contributed by atoms with E-state index in [1.54, 1.807) is 0 Å². The number of rotatable bonds is 0. The fourth-order valence-electron chi connectivity index (χ4n) is 0.945. The van der Waals surface area contributed by atoms with E-state index in [2.05, 4.69) is 0 Å². The molecule has 1 aromatic carbocycles. The van der Waals surface area contributed by atoms with Crippen LogP contribution in [-0.4, -0.2) is 0 Å². The summed E-state index contributed by atoms with van der Waals surface area (Å²) in [6, 6.07) is 2.41. The molecule has 94 valence electrons. The van der Waals surface area contributed by atoms with E-state index in [4.69, 9.17) is 0 Å². The molecule has 0 unspecified atom stereocenters. The van der Waals surface area contributed by atoms with Crippen molar-refractivity contribution < 1.29 is 17.6 Å². The molecule has 0 heterocycles.